The molecule has 1 aliphatic heterocycles. The number of aliphatic imine (C=N–C) groups is 2. The quantitative estimate of drug-likeness (QED) is 0.547. The summed E-state index contributed by atoms with van der Waals surface area (Å²) in [6.45, 7) is 0. The Morgan fingerprint density at radius 1 is 0.704 bits per heavy atom. The van der Waals surface area contributed by atoms with Crippen LogP contribution in [0.25, 0.3) is 0 Å². The zero-order valence-electron chi connectivity index (χ0n) is 13.4. The van der Waals surface area contributed by atoms with E-state index in [4.69, 9.17) is 46.4 Å². The molecular weight excluding hydrogens is 428 g/mol. The number of hydrogen-bond donors (Lipinski definition) is 1. The van der Waals surface area contributed by atoms with Gasteiger partial charge in [-0.2, -0.15) is 0 Å². The highest BCUT2D eigenvalue weighted by atomic mass is 35.5. The molecule has 5 nitrogen and oxygen atoms in total. The molecule has 1 N–H and O–H groups in total. The van der Waals surface area contributed by atoms with E-state index in [0.717, 1.165) is 11.1 Å². The van der Waals surface area contributed by atoms with Crippen molar-refractivity contribution in [1.29, 1.82) is 0 Å². The average molecular weight is 437 g/mol. The van der Waals surface area contributed by atoms with Crippen molar-refractivity contribution in [1.82, 2.24) is 15.3 Å². The van der Waals surface area contributed by atoms with E-state index < -0.39 is 0 Å². The van der Waals surface area contributed by atoms with Crippen LogP contribution in [0.2, 0.25) is 20.1 Å². The normalized spacial score (nSPS) is 15.9. The fourth-order valence-electron chi connectivity index (χ4n) is 2.51. The maximum atomic E-state index is 6.18. The van der Waals surface area contributed by atoms with Crippen LogP contribution >= 0.6 is 46.4 Å². The summed E-state index contributed by atoms with van der Waals surface area (Å²) in [4.78, 5) is 17.4. The number of halogens is 4. The largest absolute Gasteiger partial charge is 0.324 e. The van der Waals surface area contributed by atoms with Crippen molar-refractivity contribution in [2.24, 2.45) is 9.98 Å². The molecular formula is C18H9Cl4N5. The molecule has 0 amide bonds. The van der Waals surface area contributed by atoms with E-state index >= 15 is 0 Å². The monoisotopic (exact) mass is 435 g/mol. The van der Waals surface area contributed by atoms with Gasteiger partial charge in [-0.05, 0) is 12.1 Å². The van der Waals surface area contributed by atoms with Gasteiger partial charge in [0.25, 0.3) is 0 Å². The average Bonchev–Trinajstić information content (AvgIpc) is 2.98. The Morgan fingerprint density at radius 3 is 1.56 bits per heavy atom. The first kappa shape index (κ1) is 18.2. The van der Waals surface area contributed by atoms with Gasteiger partial charge < -0.3 is 5.32 Å². The molecule has 3 aromatic rings. The molecule has 0 saturated carbocycles. The molecule has 4 rings (SSSR count). The van der Waals surface area contributed by atoms with Crippen molar-refractivity contribution in [3.05, 3.63) is 80.0 Å². The van der Waals surface area contributed by atoms with E-state index in [0.29, 0.717) is 43.4 Å². The molecule has 0 atom stereocenters. The van der Waals surface area contributed by atoms with Crippen LogP contribution in [0.4, 0.5) is 11.6 Å². The van der Waals surface area contributed by atoms with Gasteiger partial charge in [-0.25, -0.2) is 20.0 Å². The highest BCUT2D eigenvalue weighted by molar-refractivity contribution is 6.37. The number of nitrogens with zero attached hydrogens (tertiary/aromatic N) is 4. The molecule has 0 fully saturated rings. The van der Waals surface area contributed by atoms with Gasteiger partial charge in [0.05, 0.1) is 20.1 Å². The zero-order chi connectivity index (χ0) is 19.0. The van der Waals surface area contributed by atoms with Crippen molar-refractivity contribution >= 4 is 69.7 Å². The van der Waals surface area contributed by atoms with Gasteiger partial charge in [0.1, 0.15) is 11.7 Å². The summed E-state index contributed by atoms with van der Waals surface area (Å²) in [5.41, 5.74) is 1.71. The summed E-state index contributed by atoms with van der Waals surface area (Å²) in [6.07, 6.45) is 2.97. The first-order valence-corrected chi connectivity index (χ1v) is 9.19. The van der Waals surface area contributed by atoms with Gasteiger partial charge in [-0.3, -0.25) is 0 Å². The SMILES string of the molecule is Clc1cnc(/N=C2\N/C(=N/c3ncc(Cl)cc3Cl)c3ccccc32)c(Cl)c1. The fourth-order valence-corrected chi connectivity index (χ4v) is 3.36. The Kier molecular flexibility index (Phi) is 5.02. The fraction of sp³-hybridized carbons (Fsp3) is 0. The van der Waals surface area contributed by atoms with Crippen LogP contribution in [0.3, 0.4) is 0 Å². The molecule has 0 spiro atoms. The van der Waals surface area contributed by atoms with Crippen molar-refractivity contribution in [3.63, 3.8) is 0 Å². The summed E-state index contributed by atoms with van der Waals surface area (Å²) in [7, 11) is 0. The number of hydrogen-bond acceptors (Lipinski definition) is 4. The summed E-state index contributed by atoms with van der Waals surface area (Å²) in [6, 6.07) is 10.8. The van der Waals surface area contributed by atoms with Gasteiger partial charge in [0.2, 0.25) is 0 Å². The van der Waals surface area contributed by atoms with Crippen LogP contribution in [0, 0.1) is 0 Å². The summed E-state index contributed by atoms with van der Waals surface area (Å²) in [5.74, 6) is 1.82. The highest BCUT2D eigenvalue weighted by Crippen LogP contribution is 2.29. The van der Waals surface area contributed by atoms with Gasteiger partial charge in [0.15, 0.2) is 11.6 Å². The van der Waals surface area contributed by atoms with E-state index in [9.17, 15) is 0 Å². The van der Waals surface area contributed by atoms with Crippen molar-refractivity contribution in [2.75, 3.05) is 0 Å². The first-order chi connectivity index (χ1) is 13.0. The predicted octanol–water partition coefficient (Wildman–Crippen LogP) is 5.85. The number of fused-ring (bicyclic) bond motifs is 1. The van der Waals surface area contributed by atoms with Crippen LogP contribution in [-0.2, 0) is 0 Å². The Morgan fingerprint density at radius 2 is 1.15 bits per heavy atom. The zero-order valence-corrected chi connectivity index (χ0v) is 16.4. The molecule has 9 heteroatoms. The maximum Gasteiger partial charge on any atom is 0.173 e. The van der Waals surface area contributed by atoms with E-state index in [1.807, 2.05) is 24.3 Å². The topological polar surface area (TPSA) is 62.5 Å². The van der Waals surface area contributed by atoms with Crippen LogP contribution in [0.1, 0.15) is 11.1 Å². The second-order valence-electron chi connectivity index (χ2n) is 5.51. The lowest BCUT2D eigenvalue weighted by Crippen LogP contribution is -2.22. The predicted molar refractivity (Wildman–Crippen MR) is 110 cm³/mol. The number of rotatable bonds is 2. The molecule has 0 saturated heterocycles. The standard InChI is InChI=1S/C18H9Cl4N5/c19-9-5-13(21)17(23-7-9)26-15-11-3-1-2-4-12(11)16(25-15)27-18-14(22)6-10(20)8-24-18/h1-8H,(H,23,24,25,26,27). The number of pyridine rings is 2. The molecule has 0 radical (unpaired) electrons. The van der Waals surface area contributed by atoms with E-state index in [1.165, 1.54) is 12.4 Å². The lowest BCUT2D eigenvalue weighted by molar-refractivity contribution is 1.23. The van der Waals surface area contributed by atoms with Crippen LogP contribution in [0.15, 0.2) is 58.8 Å². The van der Waals surface area contributed by atoms with Crippen molar-refractivity contribution < 1.29 is 0 Å². The number of aromatic nitrogens is 2. The number of benzene rings is 1. The molecule has 2 aromatic heterocycles. The second-order valence-corrected chi connectivity index (χ2v) is 7.20. The third-order valence-corrected chi connectivity index (χ3v) is 4.66. The van der Waals surface area contributed by atoms with E-state index in [-0.39, 0.29) is 0 Å². The Bertz CT molecular complexity index is 1020. The van der Waals surface area contributed by atoms with Gasteiger partial charge >= 0.3 is 0 Å². The highest BCUT2D eigenvalue weighted by Gasteiger charge is 2.24. The Balaban J connectivity index is 1.79. The molecule has 1 aromatic carbocycles. The smallest absolute Gasteiger partial charge is 0.173 e. The minimum Gasteiger partial charge on any atom is -0.324 e. The van der Waals surface area contributed by atoms with Gasteiger partial charge in [0, 0.05) is 23.5 Å². The van der Waals surface area contributed by atoms with Crippen LogP contribution < -0.4 is 5.32 Å². The van der Waals surface area contributed by atoms with E-state index in [2.05, 4.69) is 25.3 Å². The maximum absolute atomic E-state index is 6.18. The Labute approximate surface area is 174 Å². The Hall–Kier alpha value is -2.18. The molecule has 27 heavy (non-hydrogen) atoms. The van der Waals surface area contributed by atoms with Gasteiger partial charge in [-0.1, -0.05) is 70.7 Å². The molecule has 3 heterocycles. The van der Waals surface area contributed by atoms with Gasteiger partial charge in [-0.15, -0.1) is 0 Å². The minimum atomic E-state index is 0.349. The summed E-state index contributed by atoms with van der Waals surface area (Å²) in [5, 5.41) is 4.75. The third kappa shape index (κ3) is 3.77. The summed E-state index contributed by atoms with van der Waals surface area (Å²) < 4.78 is 0. The first-order valence-electron chi connectivity index (χ1n) is 7.67. The molecule has 0 unspecified atom stereocenters. The lowest BCUT2D eigenvalue weighted by Gasteiger charge is -2.03. The molecule has 1 aliphatic rings. The number of amidine groups is 2. The number of nitrogens with one attached hydrogen (secondary N) is 1. The van der Waals surface area contributed by atoms with Crippen molar-refractivity contribution in [3.8, 4) is 0 Å². The summed E-state index contributed by atoms with van der Waals surface area (Å²) >= 11 is 24.2. The third-order valence-electron chi connectivity index (χ3n) is 3.69. The van der Waals surface area contributed by atoms with Crippen LogP contribution in [0.5, 0.6) is 0 Å². The lowest BCUT2D eigenvalue weighted by atomic mass is 10.1. The minimum absolute atomic E-state index is 0.349. The molecule has 134 valence electrons. The molecule has 0 bridgehead atoms. The van der Waals surface area contributed by atoms with E-state index in [1.54, 1.807) is 12.1 Å². The molecule has 0 aliphatic carbocycles. The second kappa shape index (κ2) is 7.44. The van der Waals surface area contributed by atoms with Crippen LogP contribution in [-0.4, -0.2) is 21.6 Å². The van der Waals surface area contributed by atoms with Crippen molar-refractivity contribution in [2.45, 2.75) is 0 Å².